The van der Waals surface area contributed by atoms with Gasteiger partial charge in [-0.1, -0.05) is 0 Å². The number of hydrogen-bond donors (Lipinski definition) is 2. The highest BCUT2D eigenvalue weighted by Gasteiger charge is 2.16. The maximum absolute atomic E-state index is 11.0. The summed E-state index contributed by atoms with van der Waals surface area (Å²) in [6.45, 7) is 0. The van der Waals surface area contributed by atoms with Crippen LogP contribution in [-0.4, -0.2) is 37.6 Å². The van der Waals surface area contributed by atoms with E-state index in [1.165, 1.54) is 26.8 Å². The molecular formula is C13H13N5O5S. The summed E-state index contributed by atoms with van der Waals surface area (Å²) in [5.74, 6) is 1.01. The lowest BCUT2D eigenvalue weighted by atomic mass is 10.1. The maximum Gasteiger partial charge on any atom is 0.310 e. The molecule has 0 aliphatic rings. The quantitative estimate of drug-likeness (QED) is 0.691. The van der Waals surface area contributed by atoms with Crippen molar-refractivity contribution in [2.24, 2.45) is 5.14 Å². The van der Waals surface area contributed by atoms with Crippen molar-refractivity contribution >= 4 is 27.1 Å². The fourth-order valence-corrected chi connectivity index (χ4v) is 2.48. The minimum absolute atomic E-state index is 0.264. The average Bonchev–Trinajstić information content (AvgIpc) is 2.99. The van der Waals surface area contributed by atoms with Crippen molar-refractivity contribution in [2.45, 2.75) is 0 Å². The van der Waals surface area contributed by atoms with Crippen molar-refractivity contribution in [3.8, 4) is 22.9 Å². The number of nitrogens with zero attached hydrogens (tertiary/aromatic N) is 3. The van der Waals surface area contributed by atoms with Gasteiger partial charge in [0.15, 0.2) is 11.5 Å². The van der Waals surface area contributed by atoms with Crippen molar-refractivity contribution in [3.05, 3.63) is 24.7 Å². The summed E-state index contributed by atoms with van der Waals surface area (Å²) in [6, 6.07) is 3.13. The van der Waals surface area contributed by atoms with Gasteiger partial charge in [-0.05, 0) is 6.07 Å². The van der Waals surface area contributed by atoms with E-state index in [4.69, 9.17) is 19.0 Å². The molecule has 3 aromatic rings. The predicted molar refractivity (Wildman–Crippen MR) is 84.9 cm³/mol. The minimum atomic E-state index is -3.98. The number of benzene rings is 1. The molecule has 1 aromatic carbocycles. The number of methoxy groups -OCH3 is 2. The predicted octanol–water partition coefficient (Wildman–Crippen LogP) is 0.917. The van der Waals surface area contributed by atoms with E-state index >= 15 is 0 Å². The first-order valence-electron chi connectivity index (χ1n) is 6.54. The zero-order chi connectivity index (χ0) is 17.3. The lowest BCUT2D eigenvalue weighted by Gasteiger charge is -2.09. The summed E-state index contributed by atoms with van der Waals surface area (Å²) < 4.78 is 39.6. The topological polar surface area (TPSA) is 142 Å². The van der Waals surface area contributed by atoms with Crippen LogP contribution in [0.5, 0.6) is 11.5 Å². The van der Waals surface area contributed by atoms with Crippen molar-refractivity contribution in [3.63, 3.8) is 0 Å². The third kappa shape index (κ3) is 3.07. The molecule has 0 amide bonds. The molecule has 0 unspecified atom stereocenters. The van der Waals surface area contributed by atoms with E-state index in [0.29, 0.717) is 33.8 Å². The SMILES string of the molecule is COc1cc2ncnc(-c3coc(NS(N)(=O)=O)n3)c2cc1OC. The van der Waals surface area contributed by atoms with E-state index in [9.17, 15) is 8.42 Å². The van der Waals surface area contributed by atoms with Gasteiger partial charge >= 0.3 is 6.01 Å². The highest BCUT2D eigenvalue weighted by Crippen LogP contribution is 2.35. The number of hydrogen-bond acceptors (Lipinski definition) is 8. The van der Waals surface area contributed by atoms with Crippen LogP contribution in [0.3, 0.4) is 0 Å². The molecule has 0 radical (unpaired) electrons. The zero-order valence-corrected chi connectivity index (χ0v) is 13.5. The molecule has 0 saturated carbocycles. The molecular weight excluding hydrogens is 338 g/mol. The second-order valence-corrected chi connectivity index (χ2v) is 5.93. The Hall–Kier alpha value is -2.92. The van der Waals surface area contributed by atoms with Crippen LogP contribution in [0, 0.1) is 0 Å². The van der Waals surface area contributed by atoms with E-state index in [0.717, 1.165) is 0 Å². The lowest BCUT2D eigenvalue weighted by molar-refractivity contribution is 0.356. The van der Waals surface area contributed by atoms with Crippen LogP contribution in [-0.2, 0) is 10.2 Å². The van der Waals surface area contributed by atoms with Crippen LogP contribution in [0.25, 0.3) is 22.3 Å². The second-order valence-electron chi connectivity index (χ2n) is 4.63. The first-order chi connectivity index (χ1) is 11.4. The molecule has 2 aromatic heterocycles. The van der Waals surface area contributed by atoms with Crippen LogP contribution in [0.4, 0.5) is 6.01 Å². The molecule has 3 N–H and O–H groups in total. The van der Waals surface area contributed by atoms with E-state index < -0.39 is 10.2 Å². The van der Waals surface area contributed by atoms with Crippen molar-refractivity contribution in [1.29, 1.82) is 0 Å². The third-order valence-electron chi connectivity index (χ3n) is 3.12. The molecule has 126 valence electrons. The molecule has 3 rings (SSSR count). The summed E-state index contributed by atoms with van der Waals surface area (Å²) in [5, 5.41) is 5.51. The second kappa shape index (κ2) is 5.94. The first kappa shape index (κ1) is 16.0. The average molecular weight is 351 g/mol. The molecule has 0 aliphatic heterocycles. The van der Waals surface area contributed by atoms with Gasteiger partial charge in [-0.25, -0.2) is 19.8 Å². The minimum Gasteiger partial charge on any atom is -0.493 e. The van der Waals surface area contributed by atoms with Gasteiger partial charge in [0.05, 0.1) is 19.7 Å². The Kier molecular flexibility index (Phi) is 3.95. The molecule has 0 aliphatic carbocycles. The number of nitrogens with two attached hydrogens (primary N) is 1. The van der Waals surface area contributed by atoms with Crippen LogP contribution in [0.15, 0.2) is 29.1 Å². The Labute approximate surface area is 136 Å². The number of nitrogens with one attached hydrogen (secondary N) is 1. The highest BCUT2D eigenvalue weighted by molar-refractivity contribution is 7.90. The molecule has 0 bridgehead atoms. The third-order valence-corrected chi connectivity index (χ3v) is 3.58. The van der Waals surface area contributed by atoms with Gasteiger partial charge in [-0.15, -0.1) is 0 Å². The number of ether oxygens (including phenoxy) is 2. The van der Waals surface area contributed by atoms with Crippen LogP contribution >= 0.6 is 0 Å². The fourth-order valence-electron chi connectivity index (χ4n) is 2.14. The van der Waals surface area contributed by atoms with Gasteiger partial charge in [0.1, 0.15) is 24.0 Å². The molecule has 11 heteroatoms. The molecule has 2 heterocycles. The number of rotatable bonds is 5. The maximum atomic E-state index is 11.0. The number of fused-ring (bicyclic) bond motifs is 1. The summed E-state index contributed by atoms with van der Waals surface area (Å²) in [7, 11) is -0.950. The molecule has 24 heavy (non-hydrogen) atoms. The lowest BCUT2D eigenvalue weighted by Crippen LogP contribution is -2.21. The molecule has 0 spiro atoms. The van der Waals surface area contributed by atoms with Gasteiger partial charge in [0, 0.05) is 11.5 Å². The highest BCUT2D eigenvalue weighted by atomic mass is 32.2. The van der Waals surface area contributed by atoms with Crippen LogP contribution in [0.1, 0.15) is 0 Å². The summed E-state index contributed by atoms with van der Waals surface area (Å²) in [6.07, 6.45) is 2.61. The monoisotopic (exact) mass is 351 g/mol. The number of anilines is 1. The molecule has 0 atom stereocenters. The van der Waals surface area contributed by atoms with Crippen LogP contribution in [0.2, 0.25) is 0 Å². The van der Waals surface area contributed by atoms with E-state index in [-0.39, 0.29) is 6.01 Å². The van der Waals surface area contributed by atoms with E-state index in [2.05, 4.69) is 15.0 Å². The van der Waals surface area contributed by atoms with E-state index in [1.54, 1.807) is 12.1 Å². The van der Waals surface area contributed by atoms with Gasteiger partial charge < -0.3 is 13.9 Å². The Morgan fingerprint density at radius 2 is 1.88 bits per heavy atom. The summed E-state index contributed by atoms with van der Waals surface area (Å²) in [5.41, 5.74) is 1.34. The van der Waals surface area contributed by atoms with Gasteiger partial charge in [-0.2, -0.15) is 13.4 Å². The Balaban J connectivity index is 2.13. The van der Waals surface area contributed by atoms with Crippen molar-refractivity contribution in [2.75, 3.05) is 18.9 Å². The standard InChI is InChI=1S/C13H13N5O5S/c1-21-10-3-7-8(4-11(10)22-2)15-6-16-12(7)9-5-23-13(17-9)18-24(14,19)20/h3-6H,1-2H3,(H,17,18)(H2,14,19,20). The number of aromatic nitrogens is 3. The smallest absolute Gasteiger partial charge is 0.310 e. The Morgan fingerprint density at radius 3 is 2.54 bits per heavy atom. The van der Waals surface area contributed by atoms with Gasteiger partial charge in [0.2, 0.25) is 0 Å². The van der Waals surface area contributed by atoms with Crippen molar-refractivity contribution < 1.29 is 22.3 Å². The molecule has 0 saturated heterocycles. The van der Waals surface area contributed by atoms with Gasteiger partial charge in [0.25, 0.3) is 10.2 Å². The summed E-state index contributed by atoms with van der Waals surface area (Å²) >= 11 is 0. The normalized spacial score (nSPS) is 11.5. The van der Waals surface area contributed by atoms with Crippen molar-refractivity contribution in [1.82, 2.24) is 15.0 Å². The number of oxazole rings is 1. The molecule has 0 fully saturated rings. The zero-order valence-electron chi connectivity index (χ0n) is 12.7. The largest absolute Gasteiger partial charge is 0.493 e. The first-order valence-corrected chi connectivity index (χ1v) is 8.09. The fraction of sp³-hybridized carbons (Fsp3) is 0.154. The molecule has 10 nitrogen and oxygen atoms in total. The van der Waals surface area contributed by atoms with E-state index in [1.807, 2.05) is 4.72 Å². The van der Waals surface area contributed by atoms with Crippen LogP contribution < -0.4 is 19.3 Å². The Bertz CT molecular complexity index is 1000. The van der Waals surface area contributed by atoms with Gasteiger partial charge in [-0.3, -0.25) is 0 Å². The summed E-state index contributed by atoms with van der Waals surface area (Å²) in [4.78, 5) is 12.4. The Morgan fingerprint density at radius 1 is 1.17 bits per heavy atom.